The molecule has 8 aliphatic rings. The van der Waals surface area contributed by atoms with Gasteiger partial charge in [0.1, 0.15) is 0 Å². The molecule has 2 aromatic carbocycles. The van der Waals surface area contributed by atoms with Crippen LogP contribution in [0.1, 0.15) is 43.2 Å². The van der Waals surface area contributed by atoms with Crippen molar-refractivity contribution in [3.05, 3.63) is 183 Å². The summed E-state index contributed by atoms with van der Waals surface area (Å²) < 4.78 is 11.0. The first-order valence-corrected chi connectivity index (χ1v) is 19.1. The van der Waals surface area contributed by atoms with Crippen LogP contribution in [0.15, 0.2) is 172 Å². The molecule has 6 heteroatoms. The Morgan fingerprint density at radius 3 is 2.09 bits per heavy atom. The highest BCUT2D eigenvalue weighted by molar-refractivity contribution is 6.01. The number of dihydropyridines is 2. The van der Waals surface area contributed by atoms with Crippen molar-refractivity contribution in [2.75, 3.05) is 14.2 Å². The van der Waals surface area contributed by atoms with E-state index in [1.54, 1.807) is 0 Å². The third kappa shape index (κ3) is 4.71. The molecule has 0 saturated carbocycles. The molecule has 10 rings (SSSR count). The molecule has 54 heavy (non-hydrogen) atoms. The van der Waals surface area contributed by atoms with Crippen LogP contribution >= 0.6 is 0 Å². The number of carbonyl (C=O) groups excluding carboxylic acids is 2. The Kier molecular flexibility index (Phi) is 7.48. The molecule has 6 nitrogen and oxygen atoms in total. The van der Waals surface area contributed by atoms with Crippen LogP contribution in [0.3, 0.4) is 0 Å². The van der Waals surface area contributed by atoms with Crippen LogP contribution in [-0.2, 0) is 24.5 Å². The summed E-state index contributed by atoms with van der Waals surface area (Å²) >= 11 is 0. The predicted molar refractivity (Wildman–Crippen MR) is 213 cm³/mol. The van der Waals surface area contributed by atoms with Crippen molar-refractivity contribution in [1.82, 2.24) is 10.6 Å². The van der Waals surface area contributed by atoms with Crippen LogP contribution in [-0.4, -0.2) is 38.2 Å². The predicted octanol–water partition coefficient (Wildman–Crippen LogP) is 8.38. The Balaban J connectivity index is 1.20. The molecule has 0 spiro atoms. The van der Waals surface area contributed by atoms with E-state index in [2.05, 4.69) is 138 Å². The Bertz CT molecular complexity index is 2450. The SMILES string of the molecule is COC(=O)CC1(CCC2(CC(=O)OC)C3=C(NC4C=CC=CC4=C3)c3c2ccc2ccccc32)C2=CC[C@@H]3C=CC=CC3=C2C2=C1C=C1C=CC=CC1N2. The number of hydrogen-bond donors (Lipinski definition) is 2. The van der Waals surface area contributed by atoms with Crippen molar-refractivity contribution in [1.29, 1.82) is 0 Å². The summed E-state index contributed by atoms with van der Waals surface area (Å²) in [5.74, 6) is -0.247. The summed E-state index contributed by atoms with van der Waals surface area (Å²) in [5.41, 5.74) is 11.2. The highest BCUT2D eigenvalue weighted by Crippen LogP contribution is 2.63. The lowest BCUT2D eigenvalue weighted by Gasteiger charge is -2.40. The summed E-state index contributed by atoms with van der Waals surface area (Å²) in [5, 5.41) is 10.2. The number of carbonyl (C=O) groups is 2. The first kappa shape index (κ1) is 32.7. The zero-order valence-electron chi connectivity index (χ0n) is 30.5. The van der Waals surface area contributed by atoms with Gasteiger partial charge in [-0.05, 0) is 69.0 Å². The second kappa shape index (κ2) is 12.3. The van der Waals surface area contributed by atoms with Gasteiger partial charge in [-0.15, -0.1) is 0 Å². The number of hydrogen-bond acceptors (Lipinski definition) is 6. The van der Waals surface area contributed by atoms with Gasteiger partial charge < -0.3 is 20.1 Å². The van der Waals surface area contributed by atoms with Gasteiger partial charge in [0.25, 0.3) is 0 Å². The molecule has 4 unspecified atom stereocenters. The van der Waals surface area contributed by atoms with Crippen LogP contribution in [0.4, 0.5) is 0 Å². The van der Waals surface area contributed by atoms with E-state index in [-0.39, 0.29) is 42.8 Å². The summed E-state index contributed by atoms with van der Waals surface area (Å²) in [7, 11) is 2.96. The fraction of sp³-hybridized carbons (Fsp3) is 0.250. The summed E-state index contributed by atoms with van der Waals surface area (Å²) in [6.45, 7) is 0. The molecule has 0 fully saturated rings. The quantitative estimate of drug-likeness (QED) is 0.282. The second-order valence-corrected chi connectivity index (χ2v) is 15.5. The van der Waals surface area contributed by atoms with E-state index in [1.807, 2.05) is 0 Å². The zero-order chi connectivity index (χ0) is 36.6. The van der Waals surface area contributed by atoms with Crippen molar-refractivity contribution in [3.63, 3.8) is 0 Å². The largest absolute Gasteiger partial charge is 0.469 e. The van der Waals surface area contributed by atoms with Gasteiger partial charge in [-0.2, -0.15) is 0 Å². The smallest absolute Gasteiger partial charge is 0.306 e. The molecule has 2 aliphatic heterocycles. The lowest BCUT2D eigenvalue weighted by Crippen LogP contribution is -2.38. The van der Waals surface area contributed by atoms with Crippen molar-refractivity contribution in [2.45, 2.75) is 49.6 Å². The van der Waals surface area contributed by atoms with Crippen molar-refractivity contribution < 1.29 is 19.1 Å². The van der Waals surface area contributed by atoms with E-state index in [1.165, 1.54) is 36.5 Å². The number of esters is 2. The van der Waals surface area contributed by atoms with Gasteiger partial charge in [0.05, 0.1) is 39.1 Å². The summed E-state index contributed by atoms with van der Waals surface area (Å²) in [6, 6.07) is 13.0. The highest BCUT2D eigenvalue weighted by Gasteiger charge is 2.55. The molecule has 5 atom stereocenters. The van der Waals surface area contributed by atoms with Gasteiger partial charge in [0.15, 0.2) is 0 Å². The minimum absolute atomic E-state index is 0.0281. The molecule has 268 valence electrons. The maximum atomic E-state index is 13.8. The van der Waals surface area contributed by atoms with E-state index in [9.17, 15) is 9.59 Å². The van der Waals surface area contributed by atoms with Crippen LogP contribution < -0.4 is 10.6 Å². The molecule has 0 amide bonds. The molecule has 0 saturated heterocycles. The second-order valence-electron chi connectivity index (χ2n) is 15.5. The lowest BCUT2D eigenvalue weighted by atomic mass is 9.62. The third-order valence-electron chi connectivity index (χ3n) is 13.0. The third-order valence-corrected chi connectivity index (χ3v) is 13.0. The van der Waals surface area contributed by atoms with E-state index < -0.39 is 10.8 Å². The van der Waals surface area contributed by atoms with Crippen LogP contribution in [0.2, 0.25) is 0 Å². The number of nitrogens with one attached hydrogen (secondary N) is 2. The van der Waals surface area contributed by atoms with Crippen molar-refractivity contribution >= 4 is 28.4 Å². The first-order chi connectivity index (χ1) is 26.4. The Labute approximate surface area is 315 Å². The molecular formula is C48H42N2O4. The maximum Gasteiger partial charge on any atom is 0.306 e. The fourth-order valence-electron chi connectivity index (χ4n) is 10.4. The van der Waals surface area contributed by atoms with E-state index >= 15 is 0 Å². The molecule has 2 heterocycles. The summed E-state index contributed by atoms with van der Waals surface area (Å²) in [4.78, 5) is 27.6. The highest BCUT2D eigenvalue weighted by atomic mass is 16.5. The van der Waals surface area contributed by atoms with Gasteiger partial charge in [-0.3, -0.25) is 9.59 Å². The zero-order valence-corrected chi connectivity index (χ0v) is 30.5. The molecule has 2 N–H and O–H groups in total. The number of fused-ring (bicyclic) bond motifs is 9. The molecule has 2 aromatic rings. The Morgan fingerprint density at radius 1 is 0.722 bits per heavy atom. The monoisotopic (exact) mass is 710 g/mol. The number of allylic oxidation sites excluding steroid dienone is 15. The van der Waals surface area contributed by atoms with E-state index in [4.69, 9.17) is 9.47 Å². The standard InChI is InChI=1S/C48H42N2O4/c1-53-41(51)27-47(35-21-19-29-11-3-7-15-33(29)43(35)45-37(47)25-31-13-5-9-17-39(31)49-45)23-24-48(28-42(52)54-2)36-22-20-30-12-4-8-16-34(30)44(36)46-38(48)26-32-14-6-10-18-40(32)50-46/h3-19,21-22,25-26,30,39-40,49-50H,20,23-24,27-28H2,1-2H3/t30-,39?,40?,47?,48?/m0/s1. The van der Waals surface area contributed by atoms with Gasteiger partial charge in [-0.1, -0.05) is 128 Å². The first-order valence-electron chi connectivity index (χ1n) is 19.1. The molecule has 0 aromatic heterocycles. The average molecular weight is 711 g/mol. The maximum absolute atomic E-state index is 13.8. The average Bonchev–Trinajstić information content (AvgIpc) is 3.64. The number of ether oxygens (including phenoxy) is 2. The van der Waals surface area contributed by atoms with Crippen LogP contribution in [0.5, 0.6) is 0 Å². The topological polar surface area (TPSA) is 76.7 Å². The Morgan fingerprint density at radius 2 is 1.35 bits per heavy atom. The lowest BCUT2D eigenvalue weighted by molar-refractivity contribution is -0.143. The van der Waals surface area contributed by atoms with Crippen molar-refractivity contribution in [3.8, 4) is 0 Å². The van der Waals surface area contributed by atoms with Gasteiger partial charge >= 0.3 is 11.9 Å². The van der Waals surface area contributed by atoms with E-state index in [0.29, 0.717) is 12.8 Å². The molecular weight excluding hydrogens is 669 g/mol. The van der Waals surface area contributed by atoms with Crippen LogP contribution in [0, 0.1) is 11.3 Å². The molecule has 0 bridgehead atoms. The Hall–Kier alpha value is -5.88. The minimum Gasteiger partial charge on any atom is -0.469 e. The van der Waals surface area contributed by atoms with Crippen molar-refractivity contribution in [2.24, 2.45) is 11.3 Å². The number of methoxy groups -OCH3 is 2. The molecule has 6 aliphatic carbocycles. The normalized spacial score (nSPS) is 28.9. The van der Waals surface area contributed by atoms with Gasteiger partial charge in [0.2, 0.25) is 0 Å². The van der Waals surface area contributed by atoms with Crippen LogP contribution in [0.25, 0.3) is 16.5 Å². The van der Waals surface area contributed by atoms with Gasteiger partial charge in [0, 0.05) is 39.3 Å². The van der Waals surface area contributed by atoms with E-state index in [0.717, 1.165) is 56.4 Å². The number of benzene rings is 2. The summed E-state index contributed by atoms with van der Waals surface area (Å²) in [6.07, 6.45) is 35.3. The minimum atomic E-state index is -0.738. The molecule has 0 radical (unpaired) electrons. The number of rotatable bonds is 7. The fourth-order valence-corrected chi connectivity index (χ4v) is 10.4. The van der Waals surface area contributed by atoms with Gasteiger partial charge in [-0.25, -0.2) is 0 Å².